The summed E-state index contributed by atoms with van der Waals surface area (Å²) in [6.45, 7) is 4.07. The molecule has 0 unspecified atom stereocenters. The second-order valence-electron chi connectivity index (χ2n) is 11.8. The number of hydrogen-bond acceptors (Lipinski definition) is 7. The summed E-state index contributed by atoms with van der Waals surface area (Å²) in [6.07, 6.45) is 6.27. The molecule has 212 valence electrons. The molecular weight excluding hydrogens is 520 g/mol. The van der Waals surface area contributed by atoms with Crippen LogP contribution in [0, 0.1) is 11.8 Å². The molecule has 5 aliphatic rings. The van der Waals surface area contributed by atoms with Gasteiger partial charge < -0.3 is 19.3 Å². The molecule has 1 aromatic rings. The number of amides is 2. The van der Waals surface area contributed by atoms with E-state index < -0.39 is 15.3 Å². The Balaban J connectivity index is 1.05. The maximum atomic E-state index is 13.6. The first-order chi connectivity index (χ1) is 18.7. The van der Waals surface area contributed by atoms with Crippen LogP contribution in [0.2, 0.25) is 0 Å². The van der Waals surface area contributed by atoms with E-state index in [0.29, 0.717) is 81.7 Å². The van der Waals surface area contributed by atoms with Crippen LogP contribution in [0.4, 0.5) is 0 Å². The van der Waals surface area contributed by atoms with Crippen LogP contribution in [0.5, 0.6) is 5.88 Å². The fourth-order valence-corrected chi connectivity index (χ4v) is 7.28. The zero-order chi connectivity index (χ0) is 27.1. The van der Waals surface area contributed by atoms with Crippen LogP contribution in [0.3, 0.4) is 0 Å². The van der Waals surface area contributed by atoms with E-state index in [0.717, 1.165) is 44.6 Å². The van der Waals surface area contributed by atoms with Gasteiger partial charge in [-0.3, -0.25) is 9.59 Å². The van der Waals surface area contributed by atoms with Crippen molar-refractivity contribution in [3.8, 4) is 5.88 Å². The second-order valence-corrected chi connectivity index (χ2v) is 13.7. The monoisotopic (exact) mass is 558 g/mol. The third-order valence-corrected chi connectivity index (χ3v) is 10.4. The van der Waals surface area contributed by atoms with Gasteiger partial charge in [0, 0.05) is 68.6 Å². The van der Waals surface area contributed by atoms with Gasteiger partial charge in [0.15, 0.2) is 0 Å². The van der Waals surface area contributed by atoms with E-state index >= 15 is 0 Å². The maximum absolute atomic E-state index is 13.6. The number of sulfonamides is 1. The molecule has 1 aromatic heterocycles. The molecule has 3 fully saturated rings. The Morgan fingerprint density at radius 2 is 1.64 bits per heavy atom. The minimum absolute atomic E-state index is 0.0161. The lowest BCUT2D eigenvalue weighted by Gasteiger charge is -2.33. The highest BCUT2D eigenvalue weighted by Crippen LogP contribution is 2.41. The van der Waals surface area contributed by atoms with Crippen LogP contribution in [0.1, 0.15) is 73.3 Å². The fraction of sp³-hybridized carbons (Fsp3) is 0.679. The molecule has 2 aliphatic carbocycles. The number of aromatic nitrogens is 1. The summed E-state index contributed by atoms with van der Waals surface area (Å²) >= 11 is 0. The normalized spacial score (nSPS) is 23.4. The molecule has 0 aromatic carbocycles. The van der Waals surface area contributed by atoms with E-state index in [-0.39, 0.29) is 17.7 Å². The van der Waals surface area contributed by atoms with Crippen molar-refractivity contribution >= 4 is 21.8 Å². The summed E-state index contributed by atoms with van der Waals surface area (Å²) < 4.78 is 34.8. The van der Waals surface area contributed by atoms with Gasteiger partial charge in [-0.05, 0) is 74.5 Å². The molecule has 0 atom stereocenters. The first-order valence-corrected chi connectivity index (χ1v) is 15.9. The number of piperidine rings is 1. The minimum atomic E-state index is -3.56. The molecule has 39 heavy (non-hydrogen) atoms. The molecular formula is C28H38N4O6S. The van der Waals surface area contributed by atoms with Gasteiger partial charge in [-0.1, -0.05) is 0 Å². The van der Waals surface area contributed by atoms with Crippen molar-refractivity contribution in [1.82, 2.24) is 14.8 Å². The topological polar surface area (TPSA) is 132 Å². The molecule has 10 nitrogen and oxygen atoms in total. The van der Waals surface area contributed by atoms with Gasteiger partial charge in [-0.15, -0.1) is 0 Å². The average Bonchev–Trinajstić information content (AvgIpc) is 3.61. The standard InChI is InChI=1S/C28H38N4O6S/c29-39(35,36)24-3-7-31(8-4-24)27(33)20-11-22-15-32(16-23(22)12-20)28(34)21-13-25(19-1-2-19)30-26(14-21)38-17-18-5-9-37-10-6-18/h13-14,18-20,24H,1-12,15-17H2,(H2,29,35,36). The van der Waals surface area contributed by atoms with Crippen LogP contribution in [0.15, 0.2) is 23.3 Å². The fourth-order valence-electron chi connectivity index (χ4n) is 6.42. The van der Waals surface area contributed by atoms with Gasteiger partial charge in [0.1, 0.15) is 0 Å². The van der Waals surface area contributed by atoms with Crippen molar-refractivity contribution in [3.63, 3.8) is 0 Å². The van der Waals surface area contributed by atoms with Gasteiger partial charge in [0.2, 0.25) is 21.8 Å². The Morgan fingerprint density at radius 1 is 0.974 bits per heavy atom. The number of primary sulfonamides is 1. The Labute approximate surface area is 229 Å². The number of nitrogens with zero attached hydrogens (tertiary/aromatic N) is 3. The lowest BCUT2D eigenvalue weighted by molar-refractivity contribution is -0.136. The SMILES string of the molecule is NS(=O)(=O)C1CCN(C(=O)C2CC3=C(C2)CN(C(=O)c2cc(OCC4CCOCC4)nc(C4CC4)c2)C3)CC1. The molecule has 2 amide bonds. The molecule has 0 bridgehead atoms. The third kappa shape index (κ3) is 6.00. The highest BCUT2D eigenvalue weighted by Gasteiger charge is 2.39. The maximum Gasteiger partial charge on any atom is 0.254 e. The van der Waals surface area contributed by atoms with E-state index in [2.05, 4.69) is 0 Å². The quantitative estimate of drug-likeness (QED) is 0.508. The number of nitrogens with two attached hydrogens (primary N) is 1. The van der Waals surface area contributed by atoms with Crippen LogP contribution >= 0.6 is 0 Å². The van der Waals surface area contributed by atoms with Crippen molar-refractivity contribution in [2.45, 2.75) is 62.5 Å². The number of pyridine rings is 1. The highest BCUT2D eigenvalue weighted by atomic mass is 32.2. The zero-order valence-corrected chi connectivity index (χ0v) is 23.2. The van der Waals surface area contributed by atoms with Crippen molar-refractivity contribution in [1.29, 1.82) is 0 Å². The first kappa shape index (κ1) is 26.7. The molecule has 6 rings (SSSR count). The van der Waals surface area contributed by atoms with Gasteiger partial charge in [-0.2, -0.15) is 0 Å². The lowest BCUT2D eigenvalue weighted by Crippen LogP contribution is -2.46. The van der Waals surface area contributed by atoms with Gasteiger partial charge in [0.25, 0.3) is 5.91 Å². The molecule has 11 heteroatoms. The summed E-state index contributed by atoms with van der Waals surface area (Å²) in [5, 5.41) is 4.73. The molecule has 1 saturated carbocycles. The number of rotatable bonds is 7. The first-order valence-electron chi connectivity index (χ1n) is 14.3. The molecule has 4 heterocycles. The summed E-state index contributed by atoms with van der Waals surface area (Å²) in [4.78, 5) is 35.1. The molecule has 0 spiro atoms. The predicted octanol–water partition coefficient (Wildman–Crippen LogP) is 2.21. The molecule has 2 N–H and O–H groups in total. The Kier molecular flexibility index (Phi) is 7.41. The summed E-state index contributed by atoms with van der Waals surface area (Å²) in [5.74, 6) is 1.34. The predicted molar refractivity (Wildman–Crippen MR) is 144 cm³/mol. The van der Waals surface area contributed by atoms with Gasteiger partial charge in [-0.25, -0.2) is 18.5 Å². The number of likely N-dealkylation sites (tertiary alicyclic amines) is 2. The number of hydrogen-bond donors (Lipinski definition) is 1. The van der Waals surface area contributed by atoms with Crippen molar-refractivity contribution in [2.24, 2.45) is 17.0 Å². The molecule has 0 radical (unpaired) electrons. The van der Waals surface area contributed by atoms with Crippen LogP contribution in [-0.2, 0) is 19.6 Å². The lowest BCUT2D eigenvalue weighted by atomic mass is 10.00. The summed E-state index contributed by atoms with van der Waals surface area (Å²) in [6, 6.07) is 3.72. The third-order valence-electron chi connectivity index (χ3n) is 8.98. The van der Waals surface area contributed by atoms with Crippen LogP contribution in [0.25, 0.3) is 0 Å². The smallest absolute Gasteiger partial charge is 0.254 e. The minimum Gasteiger partial charge on any atom is -0.477 e. The van der Waals surface area contributed by atoms with Gasteiger partial charge >= 0.3 is 0 Å². The number of carbonyl (C=O) groups is 2. The van der Waals surface area contributed by atoms with Crippen molar-refractivity contribution < 1.29 is 27.5 Å². The molecule has 3 aliphatic heterocycles. The van der Waals surface area contributed by atoms with Crippen LogP contribution in [-0.4, -0.2) is 86.3 Å². The Hall–Kier alpha value is -2.50. The summed E-state index contributed by atoms with van der Waals surface area (Å²) in [5.41, 5.74) is 3.95. The van der Waals surface area contributed by atoms with Crippen molar-refractivity contribution in [3.05, 3.63) is 34.5 Å². The van der Waals surface area contributed by atoms with Gasteiger partial charge in [0.05, 0.1) is 11.9 Å². The Bertz CT molecular complexity index is 1240. The second kappa shape index (κ2) is 10.8. The van der Waals surface area contributed by atoms with E-state index in [1.165, 1.54) is 11.1 Å². The number of ether oxygens (including phenoxy) is 2. The average molecular weight is 559 g/mol. The van der Waals surface area contributed by atoms with E-state index in [1.54, 1.807) is 11.0 Å². The van der Waals surface area contributed by atoms with E-state index in [4.69, 9.17) is 19.6 Å². The highest BCUT2D eigenvalue weighted by molar-refractivity contribution is 7.89. The largest absolute Gasteiger partial charge is 0.477 e. The van der Waals surface area contributed by atoms with Crippen LogP contribution < -0.4 is 9.88 Å². The van der Waals surface area contributed by atoms with Crippen molar-refractivity contribution in [2.75, 3.05) is 46.0 Å². The molecule has 2 saturated heterocycles. The zero-order valence-electron chi connectivity index (χ0n) is 22.3. The number of carbonyl (C=O) groups excluding carboxylic acids is 2. The summed E-state index contributed by atoms with van der Waals surface area (Å²) in [7, 11) is -3.56. The van der Waals surface area contributed by atoms with E-state index in [1.807, 2.05) is 11.0 Å². The van der Waals surface area contributed by atoms with E-state index in [9.17, 15) is 18.0 Å². The Morgan fingerprint density at radius 3 is 2.26 bits per heavy atom.